The second-order valence-corrected chi connectivity index (χ2v) is 7.21. The molecular formula is C22H20N4OS. The van der Waals surface area contributed by atoms with Gasteiger partial charge in [-0.05, 0) is 35.0 Å². The van der Waals surface area contributed by atoms with E-state index in [2.05, 4.69) is 50.6 Å². The van der Waals surface area contributed by atoms with E-state index in [1.165, 1.54) is 10.8 Å². The van der Waals surface area contributed by atoms with Gasteiger partial charge in [-0.2, -0.15) is 0 Å². The minimum atomic E-state index is 0.592. The normalized spacial score (nSPS) is 10.9. The van der Waals surface area contributed by atoms with Crippen LogP contribution in [0, 0.1) is 0 Å². The lowest BCUT2D eigenvalue weighted by atomic mass is 10.1. The fourth-order valence-electron chi connectivity index (χ4n) is 2.95. The highest BCUT2D eigenvalue weighted by atomic mass is 32.2. The van der Waals surface area contributed by atoms with Crippen molar-refractivity contribution in [2.75, 3.05) is 12.4 Å². The highest BCUT2D eigenvalue weighted by molar-refractivity contribution is 7.99. The third kappa shape index (κ3) is 4.07. The molecule has 0 aliphatic heterocycles. The molecule has 0 aliphatic carbocycles. The van der Waals surface area contributed by atoms with Gasteiger partial charge in [0, 0.05) is 30.3 Å². The largest absolute Gasteiger partial charge is 0.493 e. The fourth-order valence-corrected chi connectivity index (χ4v) is 3.72. The van der Waals surface area contributed by atoms with Gasteiger partial charge in [-0.15, -0.1) is 16.8 Å². The topological polar surface area (TPSA) is 52.8 Å². The summed E-state index contributed by atoms with van der Waals surface area (Å²) < 4.78 is 7.98. The van der Waals surface area contributed by atoms with Gasteiger partial charge in [-0.1, -0.05) is 48.2 Å². The van der Waals surface area contributed by atoms with Gasteiger partial charge in [0.2, 0.25) is 0 Å². The Balaban J connectivity index is 1.40. The first kappa shape index (κ1) is 18.3. The number of rotatable bonds is 8. The minimum Gasteiger partial charge on any atom is -0.493 e. The SMILES string of the molecule is C=CCn1c(SCCOc2ccc3ccccc3c2)nnc1-c1ccncc1. The summed E-state index contributed by atoms with van der Waals surface area (Å²) in [6.07, 6.45) is 5.36. The highest BCUT2D eigenvalue weighted by Crippen LogP contribution is 2.24. The van der Waals surface area contributed by atoms with Gasteiger partial charge in [0.25, 0.3) is 0 Å². The molecule has 0 amide bonds. The number of nitrogens with zero attached hydrogens (tertiary/aromatic N) is 4. The van der Waals surface area contributed by atoms with Crippen LogP contribution in [0.3, 0.4) is 0 Å². The van der Waals surface area contributed by atoms with Gasteiger partial charge in [0.1, 0.15) is 5.75 Å². The number of ether oxygens (including phenoxy) is 1. The van der Waals surface area contributed by atoms with Crippen molar-refractivity contribution in [1.82, 2.24) is 19.7 Å². The van der Waals surface area contributed by atoms with E-state index in [0.29, 0.717) is 13.2 Å². The Hall–Kier alpha value is -3.12. The summed E-state index contributed by atoms with van der Waals surface area (Å²) in [7, 11) is 0. The summed E-state index contributed by atoms with van der Waals surface area (Å²) in [6, 6.07) is 18.3. The summed E-state index contributed by atoms with van der Waals surface area (Å²) in [6.45, 7) is 5.09. The summed E-state index contributed by atoms with van der Waals surface area (Å²) in [5, 5.41) is 12.0. The zero-order valence-electron chi connectivity index (χ0n) is 15.4. The van der Waals surface area contributed by atoms with Crippen LogP contribution in [0.2, 0.25) is 0 Å². The third-order valence-corrected chi connectivity index (χ3v) is 5.20. The van der Waals surface area contributed by atoms with E-state index in [1.807, 2.05) is 36.4 Å². The number of allylic oxidation sites excluding steroid dienone is 1. The first-order chi connectivity index (χ1) is 13.8. The van der Waals surface area contributed by atoms with Crippen LogP contribution >= 0.6 is 11.8 Å². The number of thioether (sulfide) groups is 1. The van der Waals surface area contributed by atoms with E-state index in [4.69, 9.17) is 4.74 Å². The van der Waals surface area contributed by atoms with Crippen molar-refractivity contribution in [3.05, 3.63) is 79.6 Å². The number of aromatic nitrogens is 4. The van der Waals surface area contributed by atoms with Crippen LogP contribution in [0.4, 0.5) is 0 Å². The Kier molecular flexibility index (Phi) is 5.68. The molecule has 4 rings (SSSR count). The molecular weight excluding hydrogens is 368 g/mol. The standard InChI is InChI=1S/C22H20N4OS/c1-2-13-26-21(18-9-11-23-12-10-18)24-25-22(26)28-15-14-27-20-8-7-17-5-3-4-6-19(17)16-20/h2-12,16H,1,13-15H2. The molecule has 0 bridgehead atoms. The molecule has 0 spiro atoms. The molecule has 0 radical (unpaired) electrons. The summed E-state index contributed by atoms with van der Waals surface area (Å²) in [5.74, 6) is 2.47. The smallest absolute Gasteiger partial charge is 0.191 e. The Morgan fingerprint density at radius 3 is 2.64 bits per heavy atom. The predicted molar refractivity (Wildman–Crippen MR) is 114 cm³/mol. The van der Waals surface area contributed by atoms with Gasteiger partial charge < -0.3 is 4.74 Å². The number of benzene rings is 2. The van der Waals surface area contributed by atoms with Crippen LogP contribution in [0.5, 0.6) is 5.75 Å². The number of hydrogen-bond acceptors (Lipinski definition) is 5. The maximum absolute atomic E-state index is 5.92. The van der Waals surface area contributed by atoms with E-state index in [-0.39, 0.29) is 0 Å². The molecule has 0 fully saturated rings. The minimum absolute atomic E-state index is 0.592. The molecule has 0 unspecified atom stereocenters. The van der Waals surface area contributed by atoms with Gasteiger partial charge in [-0.25, -0.2) is 0 Å². The van der Waals surface area contributed by atoms with Crippen LogP contribution < -0.4 is 4.74 Å². The molecule has 4 aromatic rings. The van der Waals surface area contributed by atoms with Gasteiger partial charge in [0.15, 0.2) is 11.0 Å². The molecule has 5 nitrogen and oxygen atoms in total. The maximum Gasteiger partial charge on any atom is 0.191 e. The summed E-state index contributed by atoms with van der Waals surface area (Å²) in [5.41, 5.74) is 0.989. The van der Waals surface area contributed by atoms with Crippen molar-refractivity contribution in [3.63, 3.8) is 0 Å². The van der Waals surface area contributed by atoms with Crippen molar-refractivity contribution in [2.24, 2.45) is 0 Å². The van der Waals surface area contributed by atoms with Crippen molar-refractivity contribution in [2.45, 2.75) is 11.7 Å². The average molecular weight is 388 g/mol. The van der Waals surface area contributed by atoms with Crippen molar-refractivity contribution >= 4 is 22.5 Å². The zero-order valence-corrected chi connectivity index (χ0v) is 16.2. The second-order valence-electron chi connectivity index (χ2n) is 6.15. The van der Waals surface area contributed by atoms with E-state index < -0.39 is 0 Å². The number of hydrogen-bond donors (Lipinski definition) is 0. The van der Waals surface area contributed by atoms with Gasteiger partial charge >= 0.3 is 0 Å². The van der Waals surface area contributed by atoms with Crippen molar-refractivity contribution < 1.29 is 4.74 Å². The second kappa shape index (κ2) is 8.71. The Morgan fingerprint density at radius 1 is 1.00 bits per heavy atom. The molecule has 0 N–H and O–H groups in total. The first-order valence-corrected chi connectivity index (χ1v) is 10.0. The number of fused-ring (bicyclic) bond motifs is 1. The Morgan fingerprint density at radius 2 is 1.82 bits per heavy atom. The third-order valence-electron chi connectivity index (χ3n) is 4.27. The lowest BCUT2D eigenvalue weighted by Gasteiger charge is -2.09. The quantitative estimate of drug-likeness (QED) is 0.245. The van der Waals surface area contributed by atoms with E-state index >= 15 is 0 Å². The Labute approximate surface area is 168 Å². The van der Waals surface area contributed by atoms with Crippen molar-refractivity contribution in [3.8, 4) is 17.1 Å². The monoisotopic (exact) mass is 388 g/mol. The lowest BCUT2D eigenvalue weighted by molar-refractivity contribution is 0.344. The maximum atomic E-state index is 5.92. The zero-order chi connectivity index (χ0) is 19.2. The highest BCUT2D eigenvalue weighted by Gasteiger charge is 2.13. The van der Waals surface area contributed by atoms with Crippen LogP contribution in [0.1, 0.15) is 0 Å². The summed E-state index contributed by atoms with van der Waals surface area (Å²) in [4.78, 5) is 4.06. The molecule has 0 saturated heterocycles. The average Bonchev–Trinajstić information content (AvgIpc) is 3.14. The molecule has 28 heavy (non-hydrogen) atoms. The molecule has 0 saturated carbocycles. The van der Waals surface area contributed by atoms with Crippen LogP contribution in [0.15, 0.2) is 84.8 Å². The van der Waals surface area contributed by atoms with E-state index in [9.17, 15) is 0 Å². The van der Waals surface area contributed by atoms with Crippen LogP contribution in [-0.2, 0) is 6.54 Å². The molecule has 2 heterocycles. The lowest BCUT2D eigenvalue weighted by Crippen LogP contribution is -2.04. The van der Waals surface area contributed by atoms with Crippen LogP contribution in [-0.4, -0.2) is 32.1 Å². The van der Waals surface area contributed by atoms with Gasteiger partial charge in [-0.3, -0.25) is 9.55 Å². The molecule has 6 heteroatoms. The summed E-state index contributed by atoms with van der Waals surface area (Å²) >= 11 is 1.63. The first-order valence-electron chi connectivity index (χ1n) is 9.04. The molecule has 2 aromatic carbocycles. The van der Waals surface area contributed by atoms with Crippen molar-refractivity contribution in [1.29, 1.82) is 0 Å². The van der Waals surface area contributed by atoms with Gasteiger partial charge in [0.05, 0.1) is 6.61 Å². The van der Waals surface area contributed by atoms with E-state index in [1.54, 1.807) is 24.2 Å². The number of pyridine rings is 1. The van der Waals surface area contributed by atoms with E-state index in [0.717, 1.165) is 28.0 Å². The Bertz CT molecular complexity index is 1080. The molecule has 2 aromatic heterocycles. The predicted octanol–water partition coefficient (Wildman–Crippen LogP) is 4.85. The van der Waals surface area contributed by atoms with Crippen LogP contribution in [0.25, 0.3) is 22.2 Å². The molecule has 140 valence electrons. The molecule has 0 aliphatic rings. The fraction of sp³-hybridized carbons (Fsp3) is 0.136. The molecule has 0 atom stereocenters.